The number of hydrogen-bond donors (Lipinski definition) is 2. The van der Waals surface area contributed by atoms with E-state index in [1.165, 1.54) is 23.7 Å². The number of benzene rings is 1. The third-order valence-electron chi connectivity index (χ3n) is 3.09. The van der Waals surface area contributed by atoms with E-state index in [2.05, 4.69) is 9.82 Å². The molecule has 0 saturated carbocycles. The van der Waals surface area contributed by atoms with E-state index in [0.29, 0.717) is 11.4 Å². The van der Waals surface area contributed by atoms with Crippen LogP contribution < -0.4 is 10.5 Å². The van der Waals surface area contributed by atoms with Crippen molar-refractivity contribution in [3.63, 3.8) is 0 Å². The van der Waals surface area contributed by atoms with Crippen LogP contribution in [0, 0.1) is 19.7 Å². The molecule has 0 spiro atoms. The summed E-state index contributed by atoms with van der Waals surface area (Å²) < 4.78 is 42.5. The molecule has 0 fully saturated rings. The average molecular weight is 312 g/mol. The Morgan fingerprint density at radius 3 is 2.57 bits per heavy atom. The summed E-state index contributed by atoms with van der Waals surface area (Å²) in [6.07, 6.45) is 1.56. The Hall–Kier alpha value is -1.93. The van der Waals surface area contributed by atoms with Crippen LogP contribution in [0.5, 0.6) is 0 Å². The number of aryl methyl sites for hydroxylation is 3. The SMILES string of the molecule is Cc1cc(S(=O)(=O)Nc2cn(C)nc2C)cc(CN)c1F. The monoisotopic (exact) mass is 312 g/mol. The Kier molecular flexibility index (Phi) is 4.02. The number of rotatable bonds is 4. The Bertz CT molecular complexity index is 784. The van der Waals surface area contributed by atoms with Gasteiger partial charge in [0.05, 0.1) is 16.3 Å². The molecular weight excluding hydrogens is 295 g/mol. The molecule has 1 heterocycles. The standard InChI is InChI=1S/C13H17FN4O2S/c1-8-4-11(5-10(6-15)13(8)14)21(19,20)17-12-7-18(3)16-9(12)2/h4-5,7,17H,6,15H2,1-3H3. The van der Waals surface area contributed by atoms with Crippen molar-refractivity contribution >= 4 is 15.7 Å². The van der Waals surface area contributed by atoms with Crippen molar-refractivity contribution in [2.24, 2.45) is 12.8 Å². The molecule has 0 atom stereocenters. The lowest BCUT2D eigenvalue weighted by atomic mass is 10.1. The molecule has 0 saturated heterocycles. The maximum atomic E-state index is 13.8. The highest BCUT2D eigenvalue weighted by molar-refractivity contribution is 7.92. The number of nitrogens with two attached hydrogens (primary N) is 1. The van der Waals surface area contributed by atoms with Crippen LogP contribution in [0.4, 0.5) is 10.1 Å². The van der Waals surface area contributed by atoms with Crippen molar-refractivity contribution in [3.8, 4) is 0 Å². The van der Waals surface area contributed by atoms with E-state index in [1.54, 1.807) is 20.2 Å². The molecule has 6 nitrogen and oxygen atoms in total. The minimum Gasteiger partial charge on any atom is -0.326 e. The van der Waals surface area contributed by atoms with Crippen LogP contribution in [-0.4, -0.2) is 18.2 Å². The fraction of sp³-hybridized carbons (Fsp3) is 0.308. The van der Waals surface area contributed by atoms with Crippen molar-refractivity contribution in [2.45, 2.75) is 25.3 Å². The molecule has 0 aliphatic rings. The van der Waals surface area contributed by atoms with E-state index in [4.69, 9.17) is 5.73 Å². The molecule has 2 rings (SSSR count). The van der Waals surface area contributed by atoms with Crippen LogP contribution in [-0.2, 0) is 23.6 Å². The van der Waals surface area contributed by atoms with Gasteiger partial charge in [-0.15, -0.1) is 0 Å². The molecule has 0 aliphatic heterocycles. The largest absolute Gasteiger partial charge is 0.326 e. The summed E-state index contributed by atoms with van der Waals surface area (Å²) in [6.45, 7) is 3.13. The summed E-state index contributed by atoms with van der Waals surface area (Å²) >= 11 is 0. The Labute approximate surface area is 122 Å². The van der Waals surface area contributed by atoms with Crippen LogP contribution in [0.2, 0.25) is 0 Å². The third kappa shape index (κ3) is 3.06. The molecule has 8 heteroatoms. The molecule has 0 bridgehead atoms. The summed E-state index contributed by atoms with van der Waals surface area (Å²) in [5.74, 6) is -0.478. The van der Waals surface area contributed by atoms with Crippen LogP contribution >= 0.6 is 0 Å². The first-order chi connectivity index (χ1) is 9.74. The van der Waals surface area contributed by atoms with E-state index in [1.807, 2.05) is 0 Å². The molecule has 0 radical (unpaired) electrons. The normalized spacial score (nSPS) is 11.7. The highest BCUT2D eigenvalue weighted by Gasteiger charge is 2.19. The van der Waals surface area contributed by atoms with Crippen LogP contribution in [0.1, 0.15) is 16.8 Å². The molecule has 0 amide bonds. The number of sulfonamides is 1. The Balaban J connectivity index is 2.45. The zero-order chi connectivity index (χ0) is 15.8. The minimum absolute atomic E-state index is 0.0231. The number of anilines is 1. The second kappa shape index (κ2) is 5.45. The van der Waals surface area contributed by atoms with Gasteiger partial charge < -0.3 is 5.73 Å². The third-order valence-corrected chi connectivity index (χ3v) is 4.44. The van der Waals surface area contributed by atoms with Gasteiger partial charge in [-0.3, -0.25) is 9.40 Å². The second-order valence-electron chi connectivity index (χ2n) is 4.82. The molecule has 0 aliphatic carbocycles. The van der Waals surface area contributed by atoms with Crippen molar-refractivity contribution in [1.82, 2.24) is 9.78 Å². The lowest BCUT2D eigenvalue weighted by molar-refractivity contribution is 0.591. The van der Waals surface area contributed by atoms with Crippen LogP contribution in [0.15, 0.2) is 23.2 Å². The molecular formula is C13H17FN4O2S. The van der Waals surface area contributed by atoms with Gasteiger partial charge in [0.1, 0.15) is 5.82 Å². The first-order valence-electron chi connectivity index (χ1n) is 6.26. The predicted octanol–water partition coefficient (Wildman–Crippen LogP) is 1.44. The first kappa shape index (κ1) is 15.5. The zero-order valence-electron chi connectivity index (χ0n) is 12.0. The van der Waals surface area contributed by atoms with E-state index >= 15 is 0 Å². The fourth-order valence-electron chi connectivity index (χ4n) is 2.01. The van der Waals surface area contributed by atoms with Gasteiger partial charge in [0.15, 0.2) is 0 Å². The maximum absolute atomic E-state index is 13.8. The second-order valence-corrected chi connectivity index (χ2v) is 6.51. The van der Waals surface area contributed by atoms with Gasteiger partial charge in [-0.1, -0.05) is 0 Å². The topological polar surface area (TPSA) is 90.0 Å². The predicted molar refractivity (Wildman–Crippen MR) is 77.8 cm³/mol. The molecule has 0 unspecified atom stereocenters. The average Bonchev–Trinajstić information content (AvgIpc) is 2.70. The summed E-state index contributed by atoms with van der Waals surface area (Å²) in [5.41, 5.74) is 6.78. The molecule has 2 aromatic rings. The lowest BCUT2D eigenvalue weighted by Gasteiger charge is -2.10. The molecule has 21 heavy (non-hydrogen) atoms. The van der Waals surface area contributed by atoms with Gasteiger partial charge in [0.2, 0.25) is 0 Å². The van der Waals surface area contributed by atoms with Gasteiger partial charge in [0, 0.05) is 25.4 Å². The minimum atomic E-state index is -3.82. The highest BCUT2D eigenvalue weighted by atomic mass is 32.2. The first-order valence-corrected chi connectivity index (χ1v) is 7.75. The zero-order valence-corrected chi connectivity index (χ0v) is 12.8. The Morgan fingerprint density at radius 1 is 1.38 bits per heavy atom. The quantitative estimate of drug-likeness (QED) is 0.894. The van der Waals surface area contributed by atoms with Crippen molar-refractivity contribution in [2.75, 3.05) is 4.72 Å². The summed E-state index contributed by atoms with van der Waals surface area (Å²) in [5, 5.41) is 4.06. The van der Waals surface area contributed by atoms with Crippen molar-refractivity contribution < 1.29 is 12.8 Å². The van der Waals surface area contributed by atoms with Crippen LogP contribution in [0.3, 0.4) is 0 Å². The maximum Gasteiger partial charge on any atom is 0.262 e. The highest BCUT2D eigenvalue weighted by Crippen LogP contribution is 2.22. The number of nitrogens with one attached hydrogen (secondary N) is 1. The smallest absolute Gasteiger partial charge is 0.262 e. The van der Waals surface area contributed by atoms with Gasteiger partial charge in [-0.25, -0.2) is 12.8 Å². The number of nitrogens with zero attached hydrogens (tertiary/aromatic N) is 2. The molecule has 3 N–H and O–H groups in total. The van der Waals surface area contributed by atoms with Crippen LogP contribution in [0.25, 0.3) is 0 Å². The van der Waals surface area contributed by atoms with E-state index < -0.39 is 15.8 Å². The molecule has 1 aromatic heterocycles. The van der Waals surface area contributed by atoms with Crippen molar-refractivity contribution in [1.29, 1.82) is 0 Å². The van der Waals surface area contributed by atoms with Gasteiger partial charge >= 0.3 is 0 Å². The summed E-state index contributed by atoms with van der Waals surface area (Å²) in [6, 6.07) is 2.53. The van der Waals surface area contributed by atoms with E-state index in [-0.39, 0.29) is 22.6 Å². The summed E-state index contributed by atoms with van der Waals surface area (Å²) in [7, 11) is -2.13. The summed E-state index contributed by atoms with van der Waals surface area (Å²) in [4.78, 5) is -0.0231. The van der Waals surface area contributed by atoms with E-state index in [9.17, 15) is 12.8 Å². The van der Waals surface area contributed by atoms with E-state index in [0.717, 1.165) is 0 Å². The number of aromatic nitrogens is 2. The van der Waals surface area contributed by atoms with Gasteiger partial charge in [-0.2, -0.15) is 5.10 Å². The van der Waals surface area contributed by atoms with Crippen molar-refractivity contribution in [3.05, 3.63) is 41.0 Å². The lowest BCUT2D eigenvalue weighted by Crippen LogP contribution is -2.15. The molecule has 1 aromatic carbocycles. The Morgan fingerprint density at radius 2 is 2.05 bits per heavy atom. The van der Waals surface area contributed by atoms with Gasteiger partial charge in [-0.05, 0) is 31.5 Å². The fourth-order valence-corrected chi connectivity index (χ4v) is 3.25. The number of halogens is 1. The molecule has 114 valence electrons. The van der Waals surface area contributed by atoms with Gasteiger partial charge in [0.25, 0.3) is 10.0 Å². The number of hydrogen-bond acceptors (Lipinski definition) is 4.